The SMILES string of the molecule is COc1ccc(OC)c(/C(O)=C2\C(=O)C(=O)N(Cc3ccc(F)cc3)C2c2ccc(O)c(Cl)c2)c1. The summed E-state index contributed by atoms with van der Waals surface area (Å²) in [5.74, 6) is -2.19. The minimum atomic E-state index is -1.05. The molecule has 1 aliphatic heterocycles. The van der Waals surface area contributed by atoms with Gasteiger partial charge < -0.3 is 24.6 Å². The fraction of sp³-hybridized carbons (Fsp3) is 0.154. The number of benzene rings is 3. The van der Waals surface area contributed by atoms with Crippen molar-refractivity contribution in [2.24, 2.45) is 0 Å². The summed E-state index contributed by atoms with van der Waals surface area (Å²) in [5, 5.41) is 21.2. The summed E-state index contributed by atoms with van der Waals surface area (Å²) in [6.07, 6.45) is 0. The minimum absolute atomic E-state index is 0.00818. The van der Waals surface area contributed by atoms with Crippen molar-refractivity contribution in [2.45, 2.75) is 12.6 Å². The van der Waals surface area contributed by atoms with E-state index < -0.39 is 29.3 Å². The van der Waals surface area contributed by atoms with Crippen molar-refractivity contribution >= 4 is 29.1 Å². The first-order valence-corrected chi connectivity index (χ1v) is 10.9. The number of aromatic hydroxyl groups is 1. The van der Waals surface area contributed by atoms with E-state index in [1.807, 2.05) is 0 Å². The molecule has 1 saturated heterocycles. The van der Waals surface area contributed by atoms with Crippen LogP contribution in [0.1, 0.15) is 22.7 Å². The van der Waals surface area contributed by atoms with Crippen LogP contribution < -0.4 is 9.47 Å². The molecule has 0 radical (unpaired) electrons. The highest BCUT2D eigenvalue weighted by atomic mass is 35.5. The number of amides is 1. The number of rotatable bonds is 6. The van der Waals surface area contributed by atoms with Crippen LogP contribution in [0.15, 0.2) is 66.2 Å². The Morgan fingerprint density at radius 1 is 1.03 bits per heavy atom. The Labute approximate surface area is 205 Å². The number of hydrogen-bond acceptors (Lipinski definition) is 6. The number of aliphatic hydroxyl groups excluding tert-OH is 1. The Hall–Kier alpha value is -4.04. The molecule has 0 saturated carbocycles. The van der Waals surface area contributed by atoms with Gasteiger partial charge in [0.15, 0.2) is 0 Å². The van der Waals surface area contributed by atoms with E-state index in [1.165, 1.54) is 67.7 Å². The topological polar surface area (TPSA) is 96.3 Å². The third-order valence-corrected chi connectivity index (χ3v) is 6.06. The molecule has 0 spiro atoms. The summed E-state index contributed by atoms with van der Waals surface area (Å²) in [4.78, 5) is 27.7. The van der Waals surface area contributed by atoms with Gasteiger partial charge in [-0.05, 0) is 53.6 Å². The highest BCUT2D eigenvalue weighted by Gasteiger charge is 2.46. The van der Waals surface area contributed by atoms with E-state index in [4.69, 9.17) is 21.1 Å². The van der Waals surface area contributed by atoms with E-state index >= 15 is 0 Å². The van der Waals surface area contributed by atoms with Crippen LogP contribution in [0.2, 0.25) is 5.02 Å². The maximum absolute atomic E-state index is 13.4. The Bertz CT molecular complexity index is 1340. The van der Waals surface area contributed by atoms with E-state index in [9.17, 15) is 24.2 Å². The molecule has 1 heterocycles. The monoisotopic (exact) mass is 497 g/mol. The number of likely N-dealkylation sites (tertiary alicyclic amines) is 1. The Kier molecular flexibility index (Phi) is 6.66. The highest BCUT2D eigenvalue weighted by molar-refractivity contribution is 6.46. The molecule has 0 aliphatic carbocycles. The summed E-state index contributed by atoms with van der Waals surface area (Å²) >= 11 is 6.13. The fourth-order valence-electron chi connectivity index (χ4n) is 4.01. The third kappa shape index (κ3) is 4.52. The number of phenols is 1. The van der Waals surface area contributed by atoms with E-state index in [1.54, 1.807) is 12.1 Å². The molecule has 0 bridgehead atoms. The molecule has 1 fully saturated rings. The van der Waals surface area contributed by atoms with E-state index in [0.29, 0.717) is 16.9 Å². The number of Topliss-reactive ketones (excluding diaryl/α,β-unsaturated/α-hetero) is 1. The lowest BCUT2D eigenvalue weighted by Gasteiger charge is -2.26. The zero-order chi connectivity index (χ0) is 25.3. The van der Waals surface area contributed by atoms with E-state index in [-0.39, 0.29) is 34.2 Å². The Balaban J connectivity index is 1.92. The third-order valence-electron chi connectivity index (χ3n) is 5.76. The molecule has 2 N–H and O–H groups in total. The number of ketones is 1. The minimum Gasteiger partial charge on any atom is -0.507 e. The normalized spacial score (nSPS) is 17.0. The first kappa shape index (κ1) is 24.1. The zero-order valence-corrected chi connectivity index (χ0v) is 19.5. The average Bonchev–Trinajstić information content (AvgIpc) is 3.11. The van der Waals surface area contributed by atoms with Crippen LogP contribution in [-0.4, -0.2) is 41.0 Å². The van der Waals surface area contributed by atoms with E-state index in [2.05, 4.69) is 0 Å². The number of ether oxygens (including phenoxy) is 2. The molecule has 9 heteroatoms. The molecule has 4 rings (SSSR count). The van der Waals surface area contributed by atoms with Crippen LogP contribution in [0.5, 0.6) is 17.2 Å². The molecule has 3 aromatic carbocycles. The summed E-state index contributed by atoms with van der Waals surface area (Å²) in [6, 6.07) is 13.4. The number of hydrogen-bond donors (Lipinski definition) is 2. The molecule has 0 aromatic heterocycles. The van der Waals surface area contributed by atoms with Crippen molar-refractivity contribution in [3.05, 3.63) is 93.8 Å². The molecule has 180 valence electrons. The molecule has 1 aliphatic rings. The van der Waals surface area contributed by atoms with Gasteiger partial charge in [0.05, 0.1) is 36.4 Å². The fourth-order valence-corrected chi connectivity index (χ4v) is 4.20. The first-order valence-electron chi connectivity index (χ1n) is 10.5. The Morgan fingerprint density at radius 3 is 2.37 bits per heavy atom. The summed E-state index contributed by atoms with van der Waals surface area (Å²) < 4.78 is 24.0. The second-order valence-corrected chi connectivity index (χ2v) is 8.24. The quantitative estimate of drug-likeness (QED) is 0.288. The molecule has 35 heavy (non-hydrogen) atoms. The van der Waals surface area contributed by atoms with Crippen molar-refractivity contribution in [3.8, 4) is 17.2 Å². The van der Waals surface area contributed by atoms with Gasteiger partial charge in [0.1, 0.15) is 28.8 Å². The molecule has 1 amide bonds. The lowest BCUT2D eigenvalue weighted by molar-refractivity contribution is -0.140. The van der Waals surface area contributed by atoms with Gasteiger partial charge in [0.2, 0.25) is 0 Å². The van der Waals surface area contributed by atoms with Gasteiger partial charge in [-0.3, -0.25) is 9.59 Å². The van der Waals surface area contributed by atoms with Crippen molar-refractivity contribution in [2.75, 3.05) is 14.2 Å². The van der Waals surface area contributed by atoms with Crippen LogP contribution in [0.4, 0.5) is 4.39 Å². The first-order chi connectivity index (χ1) is 16.7. The van der Waals surface area contributed by atoms with Gasteiger partial charge >= 0.3 is 0 Å². The van der Waals surface area contributed by atoms with Crippen molar-refractivity contribution in [3.63, 3.8) is 0 Å². The van der Waals surface area contributed by atoms with Gasteiger partial charge in [-0.25, -0.2) is 4.39 Å². The summed E-state index contributed by atoms with van der Waals surface area (Å²) in [5.41, 5.74) is 0.923. The largest absolute Gasteiger partial charge is 0.507 e. The summed E-state index contributed by atoms with van der Waals surface area (Å²) in [6.45, 7) is -0.0416. The van der Waals surface area contributed by atoms with Gasteiger partial charge in [0, 0.05) is 6.54 Å². The van der Waals surface area contributed by atoms with Crippen LogP contribution in [0, 0.1) is 5.82 Å². The second kappa shape index (κ2) is 9.68. The van der Waals surface area contributed by atoms with Gasteiger partial charge in [-0.15, -0.1) is 0 Å². The molecular formula is C26H21ClFNO6. The number of methoxy groups -OCH3 is 2. The van der Waals surface area contributed by atoms with Crippen LogP contribution >= 0.6 is 11.6 Å². The maximum Gasteiger partial charge on any atom is 0.295 e. The highest BCUT2D eigenvalue weighted by Crippen LogP contribution is 2.43. The molecule has 3 aromatic rings. The van der Waals surface area contributed by atoms with Crippen molar-refractivity contribution in [1.82, 2.24) is 4.90 Å². The van der Waals surface area contributed by atoms with E-state index in [0.717, 1.165) is 0 Å². The van der Waals surface area contributed by atoms with Crippen molar-refractivity contribution in [1.29, 1.82) is 0 Å². The predicted molar refractivity (Wildman–Crippen MR) is 127 cm³/mol. The molecule has 7 nitrogen and oxygen atoms in total. The molecular weight excluding hydrogens is 477 g/mol. The number of nitrogens with zero attached hydrogens (tertiary/aromatic N) is 1. The number of carbonyl (C=O) groups excluding carboxylic acids is 2. The zero-order valence-electron chi connectivity index (χ0n) is 18.8. The van der Waals surface area contributed by atoms with Gasteiger partial charge in [0.25, 0.3) is 11.7 Å². The lowest BCUT2D eigenvalue weighted by atomic mass is 9.94. The number of phenolic OH excluding ortho intramolecular Hbond substituents is 1. The predicted octanol–water partition coefficient (Wildman–Crippen LogP) is 4.82. The maximum atomic E-state index is 13.4. The smallest absolute Gasteiger partial charge is 0.295 e. The van der Waals surface area contributed by atoms with Crippen LogP contribution in [-0.2, 0) is 16.1 Å². The van der Waals surface area contributed by atoms with Gasteiger partial charge in [-0.1, -0.05) is 29.8 Å². The lowest BCUT2D eigenvalue weighted by Crippen LogP contribution is -2.29. The Morgan fingerprint density at radius 2 is 1.74 bits per heavy atom. The summed E-state index contributed by atoms with van der Waals surface area (Å²) in [7, 11) is 2.86. The van der Waals surface area contributed by atoms with Crippen LogP contribution in [0.25, 0.3) is 5.76 Å². The van der Waals surface area contributed by atoms with Crippen LogP contribution in [0.3, 0.4) is 0 Å². The average molecular weight is 498 g/mol. The number of carbonyl (C=O) groups is 2. The molecule has 1 unspecified atom stereocenters. The van der Waals surface area contributed by atoms with Gasteiger partial charge in [-0.2, -0.15) is 0 Å². The number of aliphatic hydroxyl groups is 1. The number of halogens is 2. The molecule has 1 atom stereocenters. The second-order valence-electron chi connectivity index (χ2n) is 7.83. The van der Waals surface area contributed by atoms with Crippen molar-refractivity contribution < 1.29 is 33.7 Å². The standard InChI is InChI=1S/C26H21ClFNO6/c1-34-17-8-10-21(35-2)18(12-17)24(31)22-23(15-5-9-20(30)19(27)11-15)29(26(33)25(22)32)13-14-3-6-16(28)7-4-14/h3-12,23,30-31H,13H2,1-2H3/b24-22+.